The van der Waals surface area contributed by atoms with E-state index in [1.54, 1.807) is 0 Å². The minimum Gasteiger partial charge on any atom is -0.507 e. The van der Waals surface area contributed by atoms with Crippen LogP contribution < -0.4 is 11.1 Å². The summed E-state index contributed by atoms with van der Waals surface area (Å²) in [5, 5.41) is 35.0. The quantitative estimate of drug-likeness (QED) is 0.127. The van der Waals surface area contributed by atoms with Gasteiger partial charge >= 0.3 is 5.97 Å². The highest BCUT2D eigenvalue weighted by Crippen LogP contribution is 2.26. The zero-order valence-corrected chi connectivity index (χ0v) is 24.1. The van der Waals surface area contributed by atoms with E-state index >= 15 is 0 Å². The van der Waals surface area contributed by atoms with Crippen molar-refractivity contribution < 1.29 is 24.9 Å². The zero-order chi connectivity index (χ0) is 30.9. The number of nitrogens with two attached hydrogens (primary N) is 1. The van der Waals surface area contributed by atoms with Crippen molar-refractivity contribution >= 4 is 68.0 Å². The predicted molar refractivity (Wildman–Crippen MR) is 173 cm³/mol. The summed E-state index contributed by atoms with van der Waals surface area (Å²) in [6.45, 7) is 0. The van der Waals surface area contributed by atoms with Crippen molar-refractivity contribution in [1.82, 2.24) is 0 Å². The molecule has 1 amide bonds. The van der Waals surface area contributed by atoms with Gasteiger partial charge in [0.25, 0.3) is 5.91 Å². The van der Waals surface area contributed by atoms with Gasteiger partial charge in [0.15, 0.2) is 0 Å². The molecular weight excluding hydrogens is 587 g/mol. The molecule has 0 aromatic heterocycles. The standard InChI is InChI=1S/C17H12ClNO2.C10H9N.C7H5ClO3/c18-12-8-9-16(20)14(10-12)17(21)19-15-7-3-5-11-4-1-2-6-13(11)15;11-10-7-3-5-8-4-1-2-6-9(8)10;8-4-1-2-6(9)5(3-4)7(10)11/h1-10,20H,(H,19,21);1-7H,11H2;1-3,9H,(H,10,11). The lowest BCUT2D eigenvalue weighted by Crippen LogP contribution is -2.12. The number of fused-ring (bicyclic) bond motifs is 2. The number of benzene rings is 6. The lowest BCUT2D eigenvalue weighted by molar-refractivity contribution is 0.0693. The van der Waals surface area contributed by atoms with E-state index in [-0.39, 0.29) is 22.6 Å². The number of carbonyl (C=O) groups excluding carboxylic acids is 1. The van der Waals surface area contributed by atoms with Gasteiger partial charge in [-0.2, -0.15) is 0 Å². The highest BCUT2D eigenvalue weighted by atomic mass is 35.5. The minimum atomic E-state index is -1.19. The van der Waals surface area contributed by atoms with E-state index < -0.39 is 11.9 Å². The monoisotopic (exact) mass is 612 g/mol. The lowest BCUT2D eigenvalue weighted by Gasteiger charge is -2.10. The van der Waals surface area contributed by atoms with Crippen LogP contribution in [0.4, 0.5) is 11.4 Å². The maximum absolute atomic E-state index is 12.3. The Morgan fingerprint density at radius 3 is 1.67 bits per heavy atom. The Morgan fingerprint density at radius 1 is 0.605 bits per heavy atom. The Morgan fingerprint density at radius 2 is 1.09 bits per heavy atom. The molecule has 6 N–H and O–H groups in total. The molecule has 0 atom stereocenters. The van der Waals surface area contributed by atoms with Crippen molar-refractivity contribution in [1.29, 1.82) is 0 Å². The van der Waals surface area contributed by atoms with Crippen LogP contribution in [0.5, 0.6) is 11.5 Å². The summed E-state index contributed by atoms with van der Waals surface area (Å²) in [4.78, 5) is 22.7. The summed E-state index contributed by atoms with van der Waals surface area (Å²) in [5.74, 6) is -1.96. The summed E-state index contributed by atoms with van der Waals surface area (Å²) in [6.07, 6.45) is 0. The molecule has 9 heteroatoms. The number of hydrogen-bond acceptors (Lipinski definition) is 5. The number of phenols is 2. The predicted octanol–water partition coefficient (Wildman–Crippen LogP) is 8.62. The van der Waals surface area contributed by atoms with Crippen molar-refractivity contribution in [2.45, 2.75) is 0 Å². The number of carboxylic acids is 1. The van der Waals surface area contributed by atoms with Crippen molar-refractivity contribution in [3.05, 3.63) is 142 Å². The third-order valence-electron chi connectivity index (χ3n) is 6.25. The van der Waals surface area contributed by atoms with Crippen LogP contribution in [-0.2, 0) is 0 Å². The summed E-state index contributed by atoms with van der Waals surface area (Å²) < 4.78 is 0. The summed E-state index contributed by atoms with van der Waals surface area (Å²) in [5.41, 5.74) is 7.26. The fourth-order valence-electron chi connectivity index (χ4n) is 4.14. The van der Waals surface area contributed by atoms with Gasteiger partial charge in [-0.25, -0.2) is 4.79 Å². The van der Waals surface area contributed by atoms with Gasteiger partial charge in [-0.05, 0) is 59.3 Å². The number of halogens is 2. The largest absolute Gasteiger partial charge is 0.507 e. The first-order valence-corrected chi connectivity index (χ1v) is 13.6. The summed E-state index contributed by atoms with van der Waals surface area (Å²) in [6, 6.07) is 35.7. The van der Waals surface area contributed by atoms with E-state index in [1.165, 1.54) is 41.8 Å². The molecule has 0 aliphatic heterocycles. The average molecular weight is 613 g/mol. The van der Waals surface area contributed by atoms with Crippen LogP contribution in [0.3, 0.4) is 0 Å². The molecular formula is C34H26Cl2N2O5. The van der Waals surface area contributed by atoms with E-state index in [0.29, 0.717) is 15.7 Å². The van der Waals surface area contributed by atoms with Gasteiger partial charge in [-0.15, -0.1) is 0 Å². The number of amides is 1. The van der Waals surface area contributed by atoms with Crippen LogP contribution in [-0.4, -0.2) is 27.2 Å². The summed E-state index contributed by atoms with van der Waals surface area (Å²) >= 11 is 11.4. The van der Waals surface area contributed by atoms with Crippen LogP contribution in [0.15, 0.2) is 121 Å². The third-order valence-corrected chi connectivity index (χ3v) is 6.72. The molecule has 0 bridgehead atoms. The Balaban J connectivity index is 0.000000162. The molecule has 0 saturated carbocycles. The third kappa shape index (κ3) is 7.95. The molecule has 6 rings (SSSR count). The van der Waals surface area contributed by atoms with Crippen LogP contribution in [0.2, 0.25) is 10.0 Å². The van der Waals surface area contributed by atoms with Gasteiger partial charge in [0.05, 0.1) is 5.56 Å². The number of hydrogen-bond donors (Lipinski definition) is 5. The van der Waals surface area contributed by atoms with Crippen LogP contribution in [0.1, 0.15) is 20.7 Å². The maximum Gasteiger partial charge on any atom is 0.339 e. The lowest BCUT2D eigenvalue weighted by atomic mass is 10.1. The molecule has 6 aromatic carbocycles. The Labute approximate surface area is 257 Å². The normalized spacial score (nSPS) is 10.2. The van der Waals surface area contributed by atoms with Crippen LogP contribution >= 0.6 is 23.2 Å². The van der Waals surface area contributed by atoms with Gasteiger partial charge in [-0.1, -0.05) is 96.0 Å². The molecule has 0 unspecified atom stereocenters. The van der Waals surface area contributed by atoms with Gasteiger partial charge < -0.3 is 26.4 Å². The second-order valence-electron chi connectivity index (χ2n) is 9.18. The second-order valence-corrected chi connectivity index (χ2v) is 10.1. The highest BCUT2D eigenvalue weighted by molar-refractivity contribution is 6.31. The molecule has 7 nitrogen and oxygen atoms in total. The number of anilines is 2. The van der Waals surface area contributed by atoms with E-state index in [4.69, 9.17) is 39.1 Å². The van der Waals surface area contributed by atoms with Gasteiger partial charge in [-0.3, -0.25) is 4.79 Å². The van der Waals surface area contributed by atoms with Crippen LogP contribution in [0.25, 0.3) is 21.5 Å². The molecule has 6 aromatic rings. The first-order chi connectivity index (χ1) is 20.6. The number of aromatic carboxylic acids is 1. The van der Waals surface area contributed by atoms with Crippen molar-refractivity contribution in [3.63, 3.8) is 0 Å². The molecule has 0 spiro atoms. The number of carbonyl (C=O) groups is 2. The first kappa shape index (κ1) is 30.7. The van der Waals surface area contributed by atoms with E-state index in [0.717, 1.165) is 21.8 Å². The van der Waals surface area contributed by atoms with Crippen molar-refractivity contribution in [2.24, 2.45) is 0 Å². The Hall–Kier alpha value is -5.24. The number of aromatic hydroxyl groups is 2. The van der Waals surface area contributed by atoms with Crippen molar-refractivity contribution in [3.8, 4) is 11.5 Å². The van der Waals surface area contributed by atoms with Gasteiger partial charge in [0.1, 0.15) is 17.1 Å². The Kier molecular flexibility index (Phi) is 10.1. The second kappa shape index (κ2) is 14.1. The average Bonchev–Trinajstić information content (AvgIpc) is 3.00. The maximum atomic E-state index is 12.3. The van der Waals surface area contributed by atoms with Crippen molar-refractivity contribution in [2.75, 3.05) is 11.1 Å². The van der Waals surface area contributed by atoms with E-state index in [9.17, 15) is 14.7 Å². The zero-order valence-electron chi connectivity index (χ0n) is 22.5. The number of carboxylic acid groups (broad SMARTS) is 1. The molecule has 43 heavy (non-hydrogen) atoms. The number of rotatable bonds is 3. The van der Waals surface area contributed by atoms with Crippen LogP contribution in [0, 0.1) is 0 Å². The summed E-state index contributed by atoms with van der Waals surface area (Å²) in [7, 11) is 0. The van der Waals surface area contributed by atoms with Gasteiger partial charge in [0.2, 0.25) is 0 Å². The van der Waals surface area contributed by atoms with Gasteiger partial charge in [0, 0.05) is 32.2 Å². The highest BCUT2D eigenvalue weighted by Gasteiger charge is 2.13. The van der Waals surface area contributed by atoms with E-state index in [1.807, 2.05) is 72.8 Å². The Bertz CT molecular complexity index is 1920. The molecule has 0 saturated heterocycles. The molecule has 0 aliphatic carbocycles. The number of nitrogen functional groups attached to an aromatic ring is 1. The van der Waals surface area contributed by atoms with E-state index in [2.05, 4.69) is 17.4 Å². The smallest absolute Gasteiger partial charge is 0.339 e. The minimum absolute atomic E-state index is 0.0999. The molecule has 216 valence electrons. The SMILES string of the molecule is Nc1cccc2ccccc12.O=C(Nc1cccc2ccccc12)c1cc(Cl)ccc1O.O=C(O)c1cc(Cl)ccc1O. The number of nitrogens with one attached hydrogen (secondary N) is 1. The fourth-order valence-corrected chi connectivity index (χ4v) is 4.49. The molecule has 0 heterocycles. The first-order valence-electron chi connectivity index (χ1n) is 12.9. The fraction of sp³-hybridized carbons (Fsp3) is 0. The molecule has 0 aliphatic rings. The molecule has 0 radical (unpaired) electrons. The topological polar surface area (TPSA) is 133 Å². The number of phenolic OH excluding ortho intramolecular Hbond substituents is 1. The molecule has 0 fully saturated rings.